The van der Waals surface area contributed by atoms with Gasteiger partial charge in [-0.2, -0.15) is 0 Å². The van der Waals surface area contributed by atoms with Crippen LogP contribution in [0.4, 0.5) is 0 Å². The Morgan fingerprint density at radius 1 is 1.00 bits per heavy atom. The zero-order valence-electron chi connectivity index (χ0n) is 17.3. The van der Waals surface area contributed by atoms with Crippen molar-refractivity contribution in [3.8, 4) is 0 Å². The Bertz CT molecular complexity index is 595. The van der Waals surface area contributed by atoms with Crippen molar-refractivity contribution in [1.29, 1.82) is 0 Å². The van der Waals surface area contributed by atoms with Crippen molar-refractivity contribution < 1.29 is 4.57 Å². The molecule has 2 rings (SSSR count). The third-order valence-corrected chi connectivity index (χ3v) is 15.3. The summed E-state index contributed by atoms with van der Waals surface area (Å²) in [4.78, 5) is 1.17. The van der Waals surface area contributed by atoms with Crippen LogP contribution in [0.3, 0.4) is 0 Å². The van der Waals surface area contributed by atoms with Gasteiger partial charge in [-0.3, -0.25) is 0 Å². The first-order chi connectivity index (χ1) is 11.5. The average molecular weight is 381 g/mol. The Hall–Kier alpha value is -0.200. The van der Waals surface area contributed by atoms with Crippen LogP contribution in [0.15, 0.2) is 29.2 Å². The lowest BCUT2D eigenvalue weighted by atomic mass is 9.83. The second-order valence-electron chi connectivity index (χ2n) is 9.31. The number of hydrogen-bond acceptors (Lipinski definition) is 2. The molecule has 1 aliphatic heterocycles. The molecule has 0 bridgehead atoms. The van der Waals surface area contributed by atoms with Gasteiger partial charge in [0.2, 0.25) is 0 Å². The van der Waals surface area contributed by atoms with Gasteiger partial charge >= 0.3 is 0 Å². The first-order valence-electron chi connectivity index (χ1n) is 9.91. The van der Waals surface area contributed by atoms with E-state index in [4.69, 9.17) is 0 Å². The normalized spacial score (nSPS) is 27.3. The molecule has 1 fully saturated rings. The third-order valence-electron chi connectivity index (χ3n) is 6.54. The van der Waals surface area contributed by atoms with E-state index in [2.05, 4.69) is 72.7 Å². The number of hydrogen-bond donors (Lipinski definition) is 0. The average Bonchev–Trinajstić information content (AvgIpc) is 2.54. The Kier molecular flexibility index (Phi) is 6.59. The van der Waals surface area contributed by atoms with Gasteiger partial charge in [0.1, 0.15) is 0 Å². The molecule has 142 valence electrons. The molecule has 25 heavy (non-hydrogen) atoms. The highest BCUT2D eigenvalue weighted by Gasteiger charge is 2.68. The van der Waals surface area contributed by atoms with Gasteiger partial charge in [-0.1, -0.05) is 91.2 Å². The number of benzene rings is 1. The summed E-state index contributed by atoms with van der Waals surface area (Å²) in [6.07, 6.45) is 4.13. The van der Waals surface area contributed by atoms with Gasteiger partial charge in [0, 0.05) is 15.2 Å². The van der Waals surface area contributed by atoms with Crippen molar-refractivity contribution in [2.45, 2.75) is 95.8 Å². The second kappa shape index (κ2) is 7.81. The molecular formula is C22H37OPS. The Labute approximate surface area is 159 Å². The van der Waals surface area contributed by atoms with E-state index in [0.29, 0.717) is 5.92 Å². The van der Waals surface area contributed by atoms with Gasteiger partial charge in [-0.25, -0.2) is 0 Å². The van der Waals surface area contributed by atoms with Crippen LogP contribution in [-0.2, 0) is 11.0 Å². The van der Waals surface area contributed by atoms with Gasteiger partial charge in [0.05, 0.1) is 0 Å². The fraction of sp³-hybridized carbons (Fsp3) is 0.727. The first-order valence-corrected chi connectivity index (χ1v) is 13.0. The lowest BCUT2D eigenvalue weighted by Crippen LogP contribution is -2.56. The maximum Gasteiger partial charge on any atom is 0.154 e. The molecule has 0 atom stereocenters. The lowest BCUT2D eigenvalue weighted by molar-refractivity contribution is 0.280. The van der Waals surface area contributed by atoms with Crippen molar-refractivity contribution >= 4 is 17.7 Å². The molecule has 0 spiro atoms. The van der Waals surface area contributed by atoms with Crippen LogP contribution >= 0.6 is 17.7 Å². The van der Waals surface area contributed by atoms with E-state index in [1.54, 1.807) is 11.4 Å². The Balaban J connectivity index is 1.92. The minimum absolute atomic E-state index is 0.0732. The SMILES string of the molecule is CC(C)CCCCCc1ccc(SP2(=O)C(C)(C)C(C)C2(C)C)cc1. The molecule has 0 aromatic heterocycles. The van der Waals surface area contributed by atoms with Crippen LogP contribution in [0.5, 0.6) is 0 Å². The molecule has 1 aliphatic rings. The summed E-state index contributed by atoms with van der Waals surface area (Å²) in [5.41, 5.74) is 1.41. The molecule has 0 saturated carbocycles. The standard InChI is InChI=1S/C22H37OPS/c1-17(2)11-9-8-10-12-19-13-15-20(16-14-19)25-24(23)21(4,5)18(3)22(24,6)7/h13-18H,8-12H2,1-7H3. The van der Waals surface area contributed by atoms with E-state index < -0.39 is 6.34 Å². The van der Waals surface area contributed by atoms with Crippen LogP contribution in [0.25, 0.3) is 0 Å². The van der Waals surface area contributed by atoms with E-state index in [-0.39, 0.29) is 10.3 Å². The number of unbranched alkanes of at least 4 members (excludes halogenated alkanes) is 2. The van der Waals surface area contributed by atoms with E-state index >= 15 is 0 Å². The van der Waals surface area contributed by atoms with Gasteiger partial charge in [-0.05, 0) is 42.4 Å². The monoisotopic (exact) mass is 380 g/mol. The zero-order chi connectivity index (χ0) is 18.9. The molecule has 0 unspecified atom stereocenters. The first kappa shape index (κ1) is 21.1. The van der Waals surface area contributed by atoms with E-state index in [1.807, 2.05) is 0 Å². The molecule has 1 heterocycles. The maximum absolute atomic E-state index is 13.7. The van der Waals surface area contributed by atoms with E-state index in [0.717, 1.165) is 12.3 Å². The van der Waals surface area contributed by atoms with Crippen molar-refractivity contribution in [2.75, 3.05) is 0 Å². The van der Waals surface area contributed by atoms with Crippen LogP contribution in [-0.4, -0.2) is 10.3 Å². The Morgan fingerprint density at radius 2 is 1.56 bits per heavy atom. The summed E-state index contributed by atoms with van der Waals surface area (Å²) >= 11 is 1.65. The highest BCUT2D eigenvalue weighted by atomic mass is 32.7. The molecule has 0 radical (unpaired) electrons. The fourth-order valence-corrected chi connectivity index (χ4v) is 11.8. The predicted molar refractivity (Wildman–Crippen MR) is 114 cm³/mol. The van der Waals surface area contributed by atoms with Crippen LogP contribution in [0, 0.1) is 11.8 Å². The highest BCUT2D eigenvalue weighted by molar-refractivity contribution is 8.59. The molecule has 0 amide bonds. The molecule has 1 nitrogen and oxygen atoms in total. The molecule has 1 aromatic rings. The number of aryl methyl sites for hydroxylation is 1. The van der Waals surface area contributed by atoms with Crippen molar-refractivity contribution in [3.05, 3.63) is 29.8 Å². The third kappa shape index (κ3) is 4.06. The molecule has 1 aromatic carbocycles. The van der Waals surface area contributed by atoms with Gasteiger partial charge in [0.25, 0.3) is 0 Å². The number of rotatable bonds is 8. The maximum atomic E-state index is 13.7. The Morgan fingerprint density at radius 3 is 2.08 bits per heavy atom. The van der Waals surface area contributed by atoms with E-state index in [9.17, 15) is 4.57 Å². The van der Waals surface area contributed by atoms with Gasteiger partial charge < -0.3 is 4.57 Å². The summed E-state index contributed by atoms with van der Waals surface area (Å²) in [5, 5.41) is -0.146. The highest BCUT2D eigenvalue weighted by Crippen LogP contribution is 2.89. The smallest absolute Gasteiger partial charge is 0.154 e. The fourth-order valence-electron chi connectivity index (χ4n) is 4.21. The lowest BCUT2D eigenvalue weighted by Gasteiger charge is -2.62. The molecule has 0 aliphatic carbocycles. The summed E-state index contributed by atoms with van der Waals surface area (Å²) in [6, 6.07) is 8.84. The minimum atomic E-state index is -2.31. The van der Waals surface area contributed by atoms with Crippen molar-refractivity contribution in [3.63, 3.8) is 0 Å². The summed E-state index contributed by atoms with van der Waals surface area (Å²) in [5.74, 6) is 1.31. The van der Waals surface area contributed by atoms with Crippen molar-refractivity contribution in [2.24, 2.45) is 11.8 Å². The van der Waals surface area contributed by atoms with Crippen LogP contribution in [0.1, 0.15) is 79.7 Å². The summed E-state index contributed by atoms with van der Waals surface area (Å²) in [7, 11) is 0. The molecular weight excluding hydrogens is 343 g/mol. The summed E-state index contributed by atoms with van der Waals surface area (Å²) < 4.78 is 13.7. The van der Waals surface area contributed by atoms with Gasteiger partial charge in [-0.15, -0.1) is 0 Å². The summed E-state index contributed by atoms with van der Waals surface area (Å²) in [6.45, 7) is 15.6. The zero-order valence-corrected chi connectivity index (χ0v) is 19.0. The largest absolute Gasteiger partial charge is 0.311 e. The second-order valence-corrected chi connectivity index (χ2v) is 15.5. The quantitative estimate of drug-likeness (QED) is 0.335. The predicted octanol–water partition coefficient (Wildman–Crippen LogP) is 8.02. The van der Waals surface area contributed by atoms with Crippen LogP contribution < -0.4 is 0 Å². The van der Waals surface area contributed by atoms with E-state index in [1.165, 1.54) is 36.1 Å². The van der Waals surface area contributed by atoms with Crippen molar-refractivity contribution in [1.82, 2.24) is 0 Å². The minimum Gasteiger partial charge on any atom is -0.311 e. The molecule has 1 saturated heterocycles. The van der Waals surface area contributed by atoms with Gasteiger partial charge in [0.15, 0.2) is 6.34 Å². The molecule has 3 heteroatoms. The molecule has 0 N–H and O–H groups in total. The topological polar surface area (TPSA) is 17.1 Å². The van der Waals surface area contributed by atoms with Crippen LogP contribution in [0.2, 0.25) is 0 Å².